The number of piperazine rings is 1. The van der Waals surface area contributed by atoms with Gasteiger partial charge >= 0.3 is 0 Å². The number of hydrogen-bond donors (Lipinski definition) is 2. The number of carbonyl (C=O) groups excluding carboxylic acids is 2. The van der Waals surface area contributed by atoms with Crippen LogP contribution in [0.4, 0.5) is 10.1 Å². The average Bonchev–Trinajstić information content (AvgIpc) is 2.61. The van der Waals surface area contributed by atoms with Gasteiger partial charge in [0.2, 0.25) is 11.8 Å². The van der Waals surface area contributed by atoms with Crippen LogP contribution in [0.3, 0.4) is 0 Å². The molecular weight excluding hydrogens is 311 g/mol. The maximum Gasteiger partial charge on any atom is 0.224 e. The van der Waals surface area contributed by atoms with E-state index in [1.807, 2.05) is 0 Å². The molecule has 0 spiro atoms. The van der Waals surface area contributed by atoms with Crippen molar-refractivity contribution in [2.24, 2.45) is 11.7 Å². The molecule has 1 saturated heterocycles. The monoisotopic (exact) mass is 336 g/mol. The maximum atomic E-state index is 13.0. The Morgan fingerprint density at radius 3 is 2.42 bits per heavy atom. The van der Waals surface area contributed by atoms with Gasteiger partial charge in [0.05, 0.1) is 0 Å². The van der Waals surface area contributed by atoms with Gasteiger partial charge in [-0.15, -0.1) is 0 Å². The third kappa shape index (κ3) is 4.92. The van der Waals surface area contributed by atoms with Crippen LogP contribution in [-0.2, 0) is 9.59 Å². The second-order valence-corrected chi connectivity index (χ2v) is 6.02. The molecule has 1 aliphatic rings. The molecule has 0 saturated carbocycles. The maximum absolute atomic E-state index is 13.0. The van der Waals surface area contributed by atoms with Gasteiger partial charge in [-0.1, -0.05) is 6.92 Å². The summed E-state index contributed by atoms with van der Waals surface area (Å²) in [6.45, 7) is 5.08. The Bertz CT molecular complexity index is 556. The Labute approximate surface area is 141 Å². The van der Waals surface area contributed by atoms with E-state index in [-0.39, 0.29) is 23.5 Å². The molecule has 2 rings (SSSR count). The molecule has 2 amide bonds. The minimum absolute atomic E-state index is 0.0365. The van der Waals surface area contributed by atoms with Crippen molar-refractivity contribution < 1.29 is 14.0 Å². The van der Waals surface area contributed by atoms with Crippen LogP contribution in [0, 0.1) is 11.7 Å². The van der Waals surface area contributed by atoms with Crippen LogP contribution >= 0.6 is 0 Å². The van der Waals surface area contributed by atoms with E-state index in [2.05, 4.69) is 10.2 Å². The summed E-state index contributed by atoms with van der Waals surface area (Å²) >= 11 is 0. The van der Waals surface area contributed by atoms with Crippen molar-refractivity contribution in [1.82, 2.24) is 10.2 Å². The van der Waals surface area contributed by atoms with Crippen LogP contribution in [0.5, 0.6) is 0 Å². The highest BCUT2D eigenvalue weighted by Gasteiger charge is 2.21. The molecule has 1 fully saturated rings. The van der Waals surface area contributed by atoms with E-state index in [1.54, 1.807) is 24.0 Å². The molecular formula is C17H25FN4O2. The molecule has 1 unspecified atom stereocenters. The van der Waals surface area contributed by atoms with Crippen LogP contribution in [0.1, 0.15) is 13.3 Å². The van der Waals surface area contributed by atoms with Crippen LogP contribution in [0.15, 0.2) is 24.3 Å². The van der Waals surface area contributed by atoms with Crippen molar-refractivity contribution >= 4 is 17.5 Å². The van der Waals surface area contributed by atoms with Crippen molar-refractivity contribution in [2.75, 3.05) is 44.2 Å². The largest absolute Gasteiger partial charge is 0.368 e. The highest BCUT2D eigenvalue weighted by atomic mass is 19.1. The molecule has 1 heterocycles. The third-order valence-electron chi connectivity index (χ3n) is 4.26. The van der Waals surface area contributed by atoms with Crippen molar-refractivity contribution in [3.63, 3.8) is 0 Å². The fraction of sp³-hybridized carbons (Fsp3) is 0.529. The van der Waals surface area contributed by atoms with Crippen LogP contribution < -0.4 is 16.0 Å². The molecule has 132 valence electrons. The lowest BCUT2D eigenvalue weighted by atomic mass is 10.1. The van der Waals surface area contributed by atoms with Crippen LogP contribution in [0.2, 0.25) is 0 Å². The number of halogens is 1. The SMILES string of the molecule is CC(CN)C(=O)NCCC(=O)N1CCN(c2ccc(F)cc2)CC1. The fourth-order valence-corrected chi connectivity index (χ4v) is 2.60. The normalized spacial score (nSPS) is 16.0. The highest BCUT2D eigenvalue weighted by Crippen LogP contribution is 2.17. The lowest BCUT2D eigenvalue weighted by Gasteiger charge is -2.36. The van der Waals surface area contributed by atoms with Crippen molar-refractivity contribution in [2.45, 2.75) is 13.3 Å². The second-order valence-electron chi connectivity index (χ2n) is 6.02. The zero-order chi connectivity index (χ0) is 17.5. The quantitative estimate of drug-likeness (QED) is 0.796. The van der Waals surface area contributed by atoms with Crippen molar-refractivity contribution in [3.05, 3.63) is 30.1 Å². The van der Waals surface area contributed by atoms with E-state index in [4.69, 9.17) is 5.73 Å². The lowest BCUT2D eigenvalue weighted by Crippen LogP contribution is -2.49. The van der Waals surface area contributed by atoms with Gasteiger partial charge in [0.15, 0.2) is 0 Å². The van der Waals surface area contributed by atoms with Crippen molar-refractivity contribution in [3.8, 4) is 0 Å². The first-order chi connectivity index (χ1) is 11.5. The molecule has 1 aromatic carbocycles. The van der Waals surface area contributed by atoms with Gasteiger partial charge < -0.3 is 20.9 Å². The first-order valence-electron chi connectivity index (χ1n) is 8.27. The summed E-state index contributed by atoms with van der Waals surface area (Å²) in [6, 6.07) is 6.39. The molecule has 0 radical (unpaired) electrons. The molecule has 7 heteroatoms. The van der Waals surface area contributed by atoms with Gasteiger partial charge in [0.1, 0.15) is 5.82 Å². The number of nitrogens with zero attached hydrogens (tertiary/aromatic N) is 2. The number of carbonyl (C=O) groups is 2. The predicted octanol–water partition coefficient (Wildman–Crippen LogP) is 0.575. The minimum atomic E-state index is -0.251. The Morgan fingerprint density at radius 1 is 1.21 bits per heavy atom. The van der Waals surface area contributed by atoms with Gasteiger partial charge in [-0.05, 0) is 24.3 Å². The van der Waals surface area contributed by atoms with Crippen LogP contribution in [-0.4, -0.2) is 56.0 Å². The van der Waals surface area contributed by atoms with Gasteiger partial charge in [-0.2, -0.15) is 0 Å². The van der Waals surface area contributed by atoms with Gasteiger partial charge in [-0.3, -0.25) is 9.59 Å². The Hall–Kier alpha value is -2.15. The third-order valence-corrected chi connectivity index (χ3v) is 4.26. The van der Waals surface area contributed by atoms with Gasteiger partial charge in [-0.25, -0.2) is 4.39 Å². The molecule has 1 aromatic rings. The molecule has 0 aromatic heterocycles. The van der Waals surface area contributed by atoms with Gasteiger partial charge in [0.25, 0.3) is 0 Å². The number of hydrogen-bond acceptors (Lipinski definition) is 4. The number of benzene rings is 1. The smallest absolute Gasteiger partial charge is 0.224 e. The van der Waals surface area contributed by atoms with Gasteiger partial charge in [0, 0.05) is 57.3 Å². The summed E-state index contributed by atoms with van der Waals surface area (Å²) in [5.74, 6) is -0.571. The van der Waals surface area contributed by atoms with E-state index < -0.39 is 0 Å². The first-order valence-corrected chi connectivity index (χ1v) is 8.27. The summed E-state index contributed by atoms with van der Waals surface area (Å²) in [6.07, 6.45) is 0.291. The molecule has 0 aliphatic carbocycles. The Kier molecular flexibility index (Phi) is 6.54. The second kappa shape index (κ2) is 8.63. The lowest BCUT2D eigenvalue weighted by molar-refractivity contribution is -0.131. The number of amides is 2. The summed E-state index contributed by atoms with van der Waals surface area (Å²) < 4.78 is 13.0. The summed E-state index contributed by atoms with van der Waals surface area (Å²) in [7, 11) is 0. The predicted molar refractivity (Wildman–Crippen MR) is 91.0 cm³/mol. The Balaban J connectivity index is 1.72. The van der Waals surface area contributed by atoms with E-state index in [1.165, 1.54) is 12.1 Å². The molecule has 6 nitrogen and oxygen atoms in total. The molecule has 1 atom stereocenters. The highest BCUT2D eigenvalue weighted by molar-refractivity contribution is 5.80. The summed E-state index contributed by atoms with van der Waals surface area (Å²) in [4.78, 5) is 27.7. The average molecular weight is 336 g/mol. The van der Waals surface area contributed by atoms with E-state index >= 15 is 0 Å². The summed E-state index contributed by atoms with van der Waals surface area (Å²) in [5, 5.41) is 2.73. The molecule has 0 bridgehead atoms. The fourth-order valence-electron chi connectivity index (χ4n) is 2.60. The standard InChI is InChI=1S/C17H25FN4O2/c1-13(12-19)17(24)20-7-6-16(23)22-10-8-21(9-11-22)15-4-2-14(18)3-5-15/h2-5,13H,6-12,19H2,1H3,(H,20,24). The van der Waals surface area contributed by atoms with Crippen molar-refractivity contribution in [1.29, 1.82) is 0 Å². The zero-order valence-electron chi connectivity index (χ0n) is 14.0. The number of rotatable bonds is 6. The minimum Gasteiger partial charge on any atom is -0.368 e. The van der Waals surface area contributed by atoms with E-state index in [9.17, 15) is 14.0 Å². The molecule has 1 aliphatic heterocycles. The zero-order valence-corrected chi connectivity index (χ0v) is 14.0. The molecule has 24 heavy (non-hydrogen) atoms. The number of anilines is 1. The summed E-state index contributed by atoms with van der Waals surface area (Å²) in [5.41, 5.74) is 6.39. The Morgan fingerprint density at radius 2 is 1.83 bits per heavy atom. The first kappa shape index (κ1) is 18.2. The molecule has 3 N–H and O–H groups in total. The van der Waals surface area contributed by atoms with E-state index in [0.29, 0.717) is 45.7 Å². The number of nitrogens with two attached hydrogens (primary N) is 1. The topological polar surface area (TPSA) is 78.7 Å². The van der Waals surface area contributed by atoms with E-state index in [0.717, 1.165) is 5.69 Å². The number of nitrogens with one attached hydrogen (secondary N) is 1. The van der Waals surface area contributed by atoms with Crippen LogP contribution in [0.25, 0.3) is 0 Å².